The van der Waals surface area contributed by atoms with Gasteiger partial charge in [0.2, 0.25) is 5.91 Å². The number of nitrogens with zero attached hydrogens (tertiary/aromatic N) is 2. The van der Waals surface area contributed by atoms with E-state index in [4.69, 9.17) is 9.47 Å². The van der Waals surface area contributed by atoms with E-state index < -0.39 is 0 Å². The second-order valence-electron chi connectivity index (χ2n) is 10.2. The molecule has 0 spiro atoms. The molecule has 1 aliphatic rings. The molecule has 0 N–H and O–H groups in total. The molecule has 6 heteroatoms. The largest absolute Gasteiger partial charge is 0.491 e. The van der Waals surface area contributed by atoms with Crippen molar-refractivity contribution in [3.63, 3.8) is 0 Å². The van der Waals surface area contributed by atoms with Crippen LogP contribution in [0.5, 0.6) is 5.75 Å². The molecule has 3 aromatic rings. The summed E-state index contributed by atoms with van der Waals surface area (Å²) in [6, 6.07) is 25.7. The highest BCUT2D eigenvalue weighted by Crippen LogP contribution is 2.23. The van der Waals surface area contributed by atoms with Crippen molar-refractivity contribution in [3.8, 4) is 5.75 Å². The van der Waals surface area contributed by atoms with Crippen LogP contribution in [0.25, 0.3) is 0 Å². The predicted molar refractivity (Wildman–Crippen MR) is 154 cm³/mol. The number of para-hydroxylation sites is 1. The van der Waals surface area contributed by atoms with E-state index in [2.05, 4.69) is 31.2 Å². The molecule has 0 aliphatic carbocycles. The smallest absolute Gasteiger partial charge is 0.257 e. The van der Waals surface area contributed by atoms with Crippen LogP contribution in [0.4, 0.5) is 0 Å². The van der Waals surface area contributed by atoms with E-state index in [0.717, 1.165) is 30.4 Å². The highest BCUT2D eigenvalue weighted by atomic mass is 16.5. The third-order valence-electron chi connectivity index (χ3n) is 7.28. The zero-order chi connectivity index (χ0) is 27.5. The van der Waals surface area contributed by atoms with E-state index in [1.807, 2.05) is 64.4 Å². The van der Waals surface area contributed by atoms with Crippen molar-refractivity contribution < 1.29 is 19.1 Å². The van der Waals surface area contributed by atoms with Crippen LogP contribution in [0.3, 0.4) is 0 Å². The zero-order valence-corrected chi connectivity index (χ0v) is 23.2. The van der Waals surface area contributed by atoms with Crippen LogP contribution < -0.4 is 4.74 Å². The van der Waals surface area contributed by atoms with Gasteiger partial charge in [-0.15, -0.1) is 0 Å². The number of rotatable bonds is 7. The van der Waals surface area contributed by atoms with Crippen molar-refractivity contribution >= 4 is 11.8 Å². The second kappa shape index (κ2) is 14.5. The first-order valence-electron chi connectivity index (χ1n) is 13.9. The minimum absolute atomic E-state index is 0.0474. The van der Waals surface area contributed by atoms with Gasteiger partial charge >= 0.3 is 0 Å². The minimum Gasteiger partial charge on any atom is -0.491 e. The molecular formula is C33H40N2O4. The van der Waals surface area contributed by atoms with Crippen LogP contribution in [-0.2, 0) is 22.4 Å². The highest BCUT2D eigenvalue weighted by molar-refractivity contribution is 5.97. The van der Waals surface area contributed by atoms with Crippen LogP contribution in [-0.4, -0.2) is 67.6 Å². The van der Waals surface area contributed by atoms with E-state index in [1.165, 1.54) is 5.56 Å². The van der Waals surface area contributed by atoms with Crippen molar-refractivity contribution in [1.82, 2.24) is 9.80 Å². The first-order chi connectivity index (χ1) is 19.0. The number of hydrogen-bond acceptors (Lipinski definition) is 4. The summed E-state index contributed by atoms with van der Waals surface area (Å²) in [6.45, 7) is 4.66. The fraction of sp³-hybridized carbons (Fsp3) is 0.394. The van der Waals surface area contributed by atoms with Crippen LogP contribution in [0.2, 0.25) is 0 Å². The quantitative estimate of drug-likeness (QED) is 0.416. The van der Waals surface area contributed by atoms with E-state index >= 15 is 0 Å². The molecule has 4 rings (SSSR count). The maximum Gasteiger partial charge on any atom is 0.257 e. The van der Waals surface area contributed by atoms with Gasteiger partial charge in [-0.25, -0.2) is 0 Å². The molecular weight excluding hydrogens is 488 g/mol. The summed E-state index contributed by atoms with van der Waals surface area (Å²) in [6.07, 6.45) is 3.68. The number of fused-ring (bicyclic) bond motifs is 1. The Morgan fingerprint density at radius 2 is 1.62 bits per heavy atom. The number of hydrogen-bond donors (Lipinski definition) is 0. The van der Waals surface area contributed by atoms with E-state index in [1.54, 1.807) is 7.11 Å². The van der Waals surface area contributed by atoms with Crippen LogP contribution in [0, 0.1) is 6.92 Å². The van der Waals surface area contributed by atoms with Gasteiger partial charge in [-0.2, -0.15) is 0 Å². The molecule has 0 bridgehead atoms. The number of ether oxygens (including phenoxy) is 2. The predicted octanol–water partition coefficient (Wildman–Crippen LogP) is 5.33. The SMILES string of the molecule is COCCN1CCCCCN(C(=O)Cc2ccc(C)cc2)[C@@H](Cc2ccccc2)COc2ccccc2C1=O. The van der Waals surface area contributed by atoms with Crippen LogP contribution in [0.15, 0.2) is 78.9 Å². The summed E-state index contributed by atoms with van der Waals surface area (Å²) < 4.78 is 11.7. The van der Waals surface area contributed by atoms with Crippen LogP contribution in [0.1, 0.15) is 46.3 Å². The molecule has 3 aromatic carbocycles. The number of carbonyl (C=O) groups is 2. The van der Waals surface area contributed by atoms with Gasteiger partial charge < -0.3 is 19.3 Å². The van der Waals surface area contributed by atoms with Gasteiger partial charge in [-0.05, 0) is 55.9 Å². The maximum atomic E-state index is 13.8. The average Bonchev–Trinajstić information content (AvgIpc) is 2.97. The molecule has 0 saturated carbocycles. The van der Waals surface area contributed by atoms with Crippen molar-refractivity contribution in [1.29, 1.82) is 0 Å². The number of aryl methyl sites for hydroxylation is 1. The van der Waals surface area contributed by atoms with E-state index in [0.29, 0.717) is 57.0 Å². The van der Waals surface area contributed by atoms with Gasteiger partial charge in [-0.3, -0.25) is 9.59 Å². The molecule has 0 radical (unpaired) electrons. The van der Waals surface area contributed by atoms with Crippen LogP contribution >= 0.6 is 0 Å². The number of benzene rings is 3. The molecule has 1 heterocycles. The molecule has 0 saturated heterocycles. The summed E-state index contributed by atoms with van der Waals surface area (Å²) in [5.74, 6) is 0.603. The Balaban J connectivity index is 1.63. The molecule has 1 aliphatic heterocycles. The summed E-state index contributed by atoms with van der Waals surface area (Å²) in [5, 5.41) is 0. The fourth-order valence-electron chi connectivity index (χ4n) is 5.04. The number of amides is 2. The van der Waals surface area contributed by atoms with Gasteiger partial charge in [0.1, 0.15) is 12.4 Å². The lowest BCUT2D eigenvalue weighted by Crippen LogP contribution is -2.46. The maximum absolute atomic E-state index is 13.8. The van der Waals surface area contributed by atoms with Gasteiger partial charge in [0.05, 0.1) is 24.6 Å². The molecule has 39 heavy (non-hydrogen) atoms. The third kappa shape index (κ3) is 8.17. The monoisotopic (exact) mass is 528 g/mol. The van der Waals surface area contributed by atoms with Crippen molar-refractivity contribution in [2.45, 2.75) is 45.1 Å². The summed E-state index contributed by atoms with van der Waals surface area (Å²) in [7, 11) is 1.65. The summed E-state index contributed by atoms with van der Waals surface area (Å²) >= 11 is 0. The Bertz CT molecular complexity index is 1200. The van der Waals surface area contributed by atoms with Gasteiger partial charge in [0, 0.05) is 26.7 Å². The summed E-state index contributed by atoms with van der Waals surface area (Å²) in [4.78, 5) is 31.2. The minimum atomic E-state index is -0.168. The van der Waals surface area contributed by atoms with Gasteiger partial charge in [0.15, 0.2) is 0 Å². The lowest BCUT2D eigenvalue weighted by atomic mass is 10.0. The van der Waals surface area contributed by atoms with Crippen molar-refractivity contribution in [3.05, 3.63) is 101 Å². The van der Waals surface area contributed by atoms with E-state index in [-0.39, 0.29) is 17.9 Å². The molecule has 1 atom stereocenters. The first-order valence-corrected chi connectivity index (χ1v) is 13.9. The standard InChI is InChI=1S/C33H40N2O4/c1-26-15-17-28(18-16-26)24-32(36)35-20-10-4-9-19-34(21-22-38-2)33(37)30-13-7-8-14-31(30)39-25-29(35)23-27-11-5-3-6-12-27/h3,5-8,11-18,29H,4,9-10,19-25H2,1-2H3/t29-/m0/s1. The normalized spacial score (nSPS) is 16.9. The fourth-order valence-corrected chi connectivity index (χ4v) is 5.04. The lowest BCUT2D eigenvalue weighted by Gasteiger charge is -2.32. The molecule has 6 nitrogen and oxygen atoms in total. The van der Waals surface area contributed by atoms with Gasteiger partial charge in [0.25, 0.3) is 5.91 Å². The Morgan fingerprint density at radius 1 is 0.897 bits per heavy atom. The lowest BCUT2D eigenvalue weighted by molar-refractivity contribution is -0.133. The Labute approximate surface area is 232 Å². The molecule has 2 amide bonds. The Hall–Kier alpha value is -3.64. The topological polar surface area (TPSA) is 59.1 Å². The highest BCUT2D eigenvalue weighted by Gasteiger charge is 2.27. The summed E-state index contributed by atoms with van der Waals surface area (Å²) in [5.41, 5.74) is 3.89. The number of methoxy groups -OCH3 is 1. The third-order valence-corrected chi connectivity index (χ3v) is 7.28. The Morgan fingerprint density at radius 3 is 2.38 bits per heavy atom. The Kier molecular flexibility index (Phi) is 10.5. The average molecular weight is 529 g/mol. The first kappa shape index (κ1) is 28.4. The van der Waals surface area contributed by atoms with Crippen molar-refractivity contribution in [2.75, 3.05) is 40.0 Å². The molecule has 206 valence electrons. The van der Waals surface area contributed by atoms with Gasteiger partial charge in [-0.1, -0.05) is 72.3 Å². The molecule has 0 unspecified atom stereocenters. The second-order valence-corrected chi connectivity index (χ2v) is 10.2. The van der Waals surface area contributed by atoms with E-state index in [9.17, 15) is 9.59 Å². The molecule has 0 fully saturated rings. The molecule has 0 aromatic heterocycles. The van der Waals surface area contributed by atoms with Crippen molar-refractivity contribution in [2.24, 2.45) is 0 Å². The zero-order valence-electron chi connectivity index (χ0n) is 23.2. The number of carbonyl (C=O) groups excluding carboxylic acids is 2.